The Balaban J connectivity index is 2.01. The Morgan fingerprint density at radius 2 is 1.95 bits per heavy atom. The van der Waals surface area contributed by atoms with E-state index in [-0.39, 0.29) is 6.61 Å². The Kier molecular flexibility index (Phi) is 3.54. The lowest BCUT2D eigenvalue weighted by molar-refractivity contribution is 0.281. The van der Waals surface area contributed by atoms with Gasteiger partial charge in [0.25, 0.3) is 0 Å². The number of nitrogens with zero attached hydrogens (tertiary/aromatic N) is 1. The Hall–Kier alpha value is -2.10. The van der Waals surface area contributed by atoms with Crippen LogP contribution in [0.15, 0.2) is 54.7 Å². The van der Waals surface area contributed by atoms with Crippen LogP contribution in [-0.4, -0.2) is 10.1 Å². The number of halogens is 1. The van der Waals surface area contributed by atoms with Gasteiger partial charge in [-0.05, 0) is 42.0 Å². The summed E-state index contributed by atoms with van der Waals surface area (Å²) in [5.74, 6) is 1.26. The highest BCUT2D eigenvalue weighted by Crippen LogP contribution is 2.33. The molecule has 0 saturated heterocycles. The zero-order valence-corrected chi connectivity index (χ0v) is 11.3. The fourth-order valence-corrected chi connectivity index (χ4v) is 2.25. The summed E-state index contributed by atoms with van der Waals surface area (Å²) in [5.41, 5.74) is 1.62. The highest BCUT2D eigenvalue weighted by Gasteiger charge is 2.07. The Bertz CT molecular complexity index is 753. The standard InChI is InChI=1S/C16H12ClNO2/c17-13-9-11(10-19)6-7-16(13)20-15-5-1-4-14-12(15)3-2-8-18-14/h1-9,19H,10H2. The molecule has 0 bridgehead atoms. The number of rotatable bonds is 3. The summed E-state index contributed by atoms with van der Waals surface area (Å²) in [6, 6.07) is 14.7. The summed E-state index contributed by atoms with van der Waals surface area (Å²) in [6.45, 7) is -0.0435. The van der Waals surface area contributed by atoms with Crippen LogP contribution in [-0.2, 0) is 6.61 Å². The second-order valence-corrected chi connectivity index (χ2v) is 4.76. The monoisotopic (exact) mass is 285 g/mol. The summed E-state index contributed by atoms with van der Waals surface area (Å²) in [4.78, 5) is 4.29. The number of aromatic nitrogens is 1. The molecule has 3 nitrogen and oxygen atoms in total. The SMILES string of the molecule is OCc1ccc(Oc2cccc3ncccc23)c(Cl)c1. The minimum Gasteiger partial charge on any atom is -0.455 e. The van der Waals surface area contributed by atoms with Crippen molar-refractivity contribution >= 4 is 22.5 Å². The van der Waals surface area contributed by atoms with Crippen LogP contribution in [0.1, 0.15) is 5.56 Å². The molecule has 3 aromatic rings. The van der Waals surface area contributed by atoms with Crippen molar-refractivity contribution in [1.29, 1.82) is 0 Å². The molecular weight excluding hydrogens is 274 g/mol. The lowest BCUT2D eigenvalue weighted by Crippen LogP contribution is -1.89. The van der Waals surface area contributed by atoms with E-state index < -0.39 is 0 Å². The molecule has 2 aromatic carbocycles. The molecule has 0 aliphatic heterocycles. The fraction of sp³-hybridized carbons (Fsp3) is 0.0625. The maximum Gasteiger partial charge on any atom is 0.146 e. The van der Waals surface area contributed by atoms with Crippen LogP contribution in [0.2, 0.25) is 5.02 Å². The molecule has 3 rings (SSSR count). The van der Waals surface area contributed by atoms with Gasteiger partial charge in [-0.2, -0.15) is 0 Å². The highest BCUT2D eigenvalue weighted by atomic mass is 35.5. The van der Waals surface area contributed by atoms with Gasteiger partial charge in [-0.25, -0.2) is 0 Å². The van der Waals surface area contributed by atoms with Gasteiger partial charge in [0.1, 0.15) is 11.5 Å². The largest absolute Gasteiger partial charge is 0.455 e. The van der Waals surface area contributed by atoms with E-state index in [0.29, 0.717) is 16.5 Å². The molecule has 100 valence electrons. The van der Waals surface area contributed by atoms with Crippen LogP contribution in [0.3, 0.4) is 0 Å². The first-order valence-corrected chi connectivity index (χ1v) is 6.56. The Morgan fingerprint density at radius 1 is 1.05 bits per heavy atom. The third kappa shape index (κ3) is 2.46. The van der Waals surface area contributed by atoms with Gasteiger partial charge in [-0.3, -0.25) is 4.98 Å². The van der Waals surface area contributed by atoms with Crippen molar-refractivity contribution in [2.45, 2.75) is 6.61 Å². The number of aliphatic hydroxyl groups is 1. The van der Waals surface area contributed by atoms with Crippen molar-refractivity contribution in [3.63, 3.8) is 0 Å². The molecular formula is C16H12ClNO2. The van der Waals surface area contributed by atoms with Crippen molar-refractivity contribution in [3.05, 3.63) is 65.3 Å². The van der Waals surface area contributed by atoms with Crippen molar-refractivity contribution in [2.24, 2.45) is 0 Å². The van der Waals surface area contributed by atoms with E-state index in [1.165, 1.54) is 0 Å². The van der Waals surface area contributed by atoms with Crippen molar-refractivity contribution in [1.82, 2.24) is 4.98 Å². The molecule has 1 N–H and O–H groups in total. The maximum atomic E-state index is 9.08. The minimum absolute atomic E-state index is 0.0435. The molecule has 1 aromatic heterocycles. The molecule has 0 radical (unpaired) electrons. The topological polar surface area (TPSA) is 42.4 Å². The highest BCUT2D eigenvalue weighted by molar-refractivity contribution is 6.32. The first kappa shape index (κ1) is 12.9. The number of hydrogen-bond acceptors (Lipinski definition) is 3. The van der Waals surface area contributed by atoms with Crippen LogP contribution < -0.4 is 4.74 Å². The first-order chi connectivity index (χ1) is 9.78. The van der Waals surface area contributed by atoms with Crippen molar-refractivity contribution in [3.8, 4) is 11.5 Å². The number of aliphatic hydroxyl groups excluding tert-OH is 1. The second-order valence-electron chi connectivity index (χ2n) is 4.35. The molecule has 0 aliphatic rings. The van der Waals surface area contributed by atoms with Gasteiger partial charge in [-0.15, -0.1) is 0 Å². The quantitative estimate of drug-likeness (QED) is 0.785. The lowest BCUT2D eigenvalue weighted by Gasteiger charge is -2.10. The van der Waals surface area contributed by atoms with Crippen LogP contribution >= 0.6 is 11.6 Å². The second kappa shape index (κ2) is 5.49. The average Bonchev–Trinajstić information content (AvgIpc) is 2.49. The van der Waals surface area contributed by atoms with Gasteiger partial charge in [0.2, 0.25) is 0 Å². The number of pyridine rings is 1. The average molecular weight is 286 g/mol. The van der Waals surface area contributed by atoms with E-state index in [4.69, 9.17) is 21.4 Å². The molecule has 0 atom stereocenters. The number of benzene rings is 2. The number of ether oxygens (including phenoxy) is 1. The van der Waals surface area contributed by atoms with E-state index in [9.17, 15) is 0 Å². The van der Waals surface area contributed by atoms with Crippen LogP contribution in [0.5, 0.6) is 11.5 Å². The lowest BCUT2D eigenvalue weighted by atomic mass is 10.2. The zero-order valence-electron chi connectivity index (χ0n) is 10.6. The van der Waals surface area contributed by atoms with Gasteiger partial charge < -0.3 is 9.84 Å². The normalized spacial score (nSPS) is 10.7. The summed E-state index contributed by atoms with van der Waals surface area (Å²) >= 11 is 6.16. The zero-order chi connectivity index (χ0) is 13.9. The number of hydrogen-bond donors (Lipinski definition) is 1. The maximum absolute atomic E-state index is 9.08. The number of fused-ring (bicyclic) bond motifs is 1. The summed E-state index contributed by atoms with van der Waals surface area (Å²) in [6.07, 6.45) is 1.75. The molecule has 20 heavy (non-hydrogen) atoms. The summed E-state index contributed by atoms with van der Waals surface area (Å²) in [5, 5.41) is 10.5. The van der Waals surface area contributed by atoms with E-state index in [0.717, 1.165) is 16.5 Å². The van der Waals surface area contributed by atoms with Gasteiger partial charge >= 0.3 is 0 Å². The third-order valence-electron chi connectivity index (χ3n) is 3.00. The predicted octanol–water partition coefficient (Wildman–Crippen LogP) is 4.17. The van der Waals surface area contributed by atoms with E-state index in [2.05, 4.69) is 4.98 Å². The van der Waals surface area contributed by atoms with Gasteiger partial charge in [0.15, 0.2) is 0 Å². The molecule has 0 amide bonds. The van der Waals surface area contributed by atoms with Gasteiger partial charge in [0, 0.05) is 11.6 Å². The molecule has 1 heterocycles. The van der Waals surface area contributed by atoms with Crippen LogP contribution in [0, 0.1) is 0 Å². The summed E-state index contributed by atoms with van der Waals surface area (Å²) in [7, 11) is 0. The minimum atomic E-state index is -0.0435. The fourth-order valence-electron chi connectivity index (χ4n) is 2.01. The Morgan fingerprint density at radius 3 is 2.75 bits per heavy atom. The molecule has 4 heteroatoms. The molecule has 0 aliphatic carbocycles. The van der Waals surface area contributed by atoms with Crippen LogP contribution in [0.25, 0.3) is 10.9 Å². The molecule has 0 fully saturated rings. The molecule has 0 spiro atoms. The van der Waals surface area contributed by atoms with Crippen LogP contribution in [0.4, 0.5) is 0 Å². The van der Waals surface area contributed by atoms with E-state index in [1.807, 2.05) is 30.3 Å². The van der Waals surface area contributed by atoms with E-state index in [1.54, 1.807) is 24.4 Å². The van der Waals surface area contributed by atoms with Crippen molar-refractivity contribution in [2.75, 3.05) is 0 Å². The van der Waals surface area contributed by atoms with Gasteiger partial charge in [0.05, 0.1) is 17.1 Å². The predicted molar refractivity (Wildman–Crippen MR) is 79.2 cm³/mol. The van der Waals surface area contributed by atoms with Crippen molar-refractivity contribution < 1.29 is 9.84 Å². The summed E-state index contributed by atoms with van der Waals surface area (Å²) < 4.78 is 5.87. The first-order valence-electron chi connectivity index (χ1n) is 6.19. The van der Waals surface area contributed by atoms with E-state index >= 15 is 0 Å². The van der Waals surface area contributed by atoms with Gasteiger partial charge in [-0.1, -0.05) is 23.7 Å². The third-order valence-corrected chi connectivity index (χ3v) is 3.30. The Labute approximate surface area is 121 Å². The molecule has 0 unspecified atom stereocenters. The smallest absolute Gasteiger partial charge is 0.146 e. The molecule has 0 saturated carbocycles.